The van der Waals surface area contributed by atoms with Crippen molar-refractivity contribution < 1.29 is 19.1 Å². The Morgan fingerprint density at radius 2 is 1.68 bits per heavy atom. The molecule has 0 aromatic carbocycles. The Morgan fingerprint density at radius 3 is 2.26 bits per heavy atom. The first-order chi connectivity index (χ1) is 9.15. The summed E-state index contributed by atoms with van der Waals surface area (Å²) in [5.41, 5.74) is 0. The minimum absolute atomic E-state index is 0.0377. The summed E-state index contributed by atoms with van der Waals surface area (Å²) in [4.78, 5) is 22.9. The van der Waals surface area contributed by atoms with Crippen LogP contribution in [0.1, 0.15) is 51.9 Å². The molecule has 0 bridgehead atoms. The number of esters is 1. The summed E-state index contributed by atoms with van der Waals surface area (Å²) in [6.07, 6.45) is 7.49. The Kier molecular flexibility index (Phi) is 11.3. The number of nitrogens with one attached hydrogen (secondary N) is 1. The molecule has 0 fully saturated rings. The van der Waals surface area contributed by atoms with Crippen LogP contribution in [-0.4, -0.2) is 38.7 Å². The molecule has 5 heteroatoms. The zero-order valence-electron chi connectivity index (χ0n) is 12.4. The first-order valence-corrected chi connectivity index (χ1v) is 7.01. The number of hydrogen-bond acceptors (Lipinski definition) is 4. The van der Waals surface area contributed by atoms with Gasteiger partial charge in [-0.05, 0) is 6.42 Å². The van der Waals surface area contributed by atoms with Crippen LogP contribution in [-0.2, 0) is 19.1 Å². The van der Waals surface area contributed by atoms with Crippen molar-refractivity contribution in [3.63, 3.8) is 0 Å². The van der Waals surface area contributed by atoms with Crippen LogP contribution in [0.4, 0.5) is 0 Å². The number of unbranched alkanes of at least 4 members (excludes halogenated alkanes) is 5. The maximum atomic E-state index is 11.5. The highest BCUT2D eigenvalue weighted by Crippen LogP contribution is 2.09. The van der Waals surface area contributed by atoms with E-state index in [1.165, 1.54) is 39.9 Å². The lowest BCUT2D eigenvalue weighted by Gasteiger charge is -2.16. The Morgan fingerprint density at radius 1 is 1.05 bits per heavy atom. The molecular weight excluding hydrogens is 246 g/mol. The van der Waals surface area contributed by atoms with Crippen molar-refractivity contribution in [3.8, 4) is 0 Å². The van der Waals surface area contributed by atoms with E-state index in [-0.39, 0.29) is 12.5 Å². The van der Waals surface area contributed by atoms with Gasteiger partial charge < -0.3 is 14.8 Å². The van der Waals surface area contributed by atoms with Gasteiger partial charge in [0.25, 0.3) is 0 Å². The Balaban J connectivity index is 3.93. The molecule has 0 aromatic rings. The van der Waals surface area contributed by atoms with Crippen LogP contribution in [0.2, 0.25) is 0 Å². The largest absolute Gasteiger partial charge is 0.467 e. The molecule has 5 nitrogen and oxygen atoms in total. The average Bonchev–Trinajstić information content (AvgIpc) is 2.40. The van der Waals surface area contributed by atoms with E-state index in [1.54, 1.807) is 0 Å². The van der Waals surface area contributed by atoms with Crippen LogP contribution >= 0.6 is 0 Å². The van der Waals surface area contributed by atoms with E-state index < -0.39 is 12.0 Å². The monoisotopic (exact) mass is 273 g/mol. The summed E-state index contributed by atoms with van der Waals surface area (Å²) in [7, 11) is 2.78. The van der Waals surface area contributed by atoms with Crippen molar-refractivity contribution in [2.24, 2.45) is 0 Å². The minimum atomic E-state index is -0.557. The van der Waals surface area contributed by atoms with Gasteiger partial charge in [-0.1, -0.05) is 45.4 Å². The van der Waals surface area contributed by atoms with Gasteiger partial charge >= 0.3 is 5.97 Å². The summed E-state index contributed by atoms with van der Waals surface area (Å²) >= 11 is 0. The second kappa shape index (κ2) is 12.0. The zero-order valence-corrected chi connectivity index (χ0v) is 12.4. The summed E-state index contributed by atoms with van der Waals surface area (Å²) in [5, 5.41) is 2.63. The maximum Gasteiger partial charge on any atom is 0.328 e. The molecule has 0 heterocycles. The molecule has 0 aliphatic carbocycles. The van der Waals surface area contributed by atoms with E-state index in [1.807, 2.05) is 0 Å². The highest BCUT2D eigenvalue weighted by atomic mass is 16.5. The van der Waals surface area contributed by atoms with Crippen molar-refractivity contribution in [2.75, 3.05) is 20.8 Å². The topological polar surface area (TPSA) is 64.6 Å². The molecule has 0 aliphatic heterocycles. The molecule has 0 unspecified atom stereocenters. The number of hydrogen-bond donors (Lipinski definition) is 1. The van der Waals surface area contributed by atoms with Gasteiger partial charge in [0, 0.05) is 7.11 Å². The average molecular weight is 273 g/mol. The molecule has 0 aliphatic rings. The number of carbonyl (C=O) groups excluding carboxylic acids is 2. The summed E-state index contributed by atoms with van der Waals surface area (Å²) in [6.45, 7) is 2.14. The van der Waals surface area contributed by atoms with Crippen LogP contribution in [0.25, 0.3) is 0 Å². The van der Waals surface area contributed by atoms with Crippen LogP contribution in [0.15, 0.2) is 0 Å². The van der Waals surface area contributed by atoms with Gasteiger partial charge in [0.1, 0.15) is 12.6 Å². The smallest absolute Gasteiger partial charge is 0.328 e. The van der Waals surface area contributed by atoms with Crippen molar-refractivity contribution >= 4 is 11.9 Å². The molecule has 1 amide bonds. The number of rotatable bonds is 11. The maximum absolute atomic E-state index is 11.5. The van der Waals surface area contributed by atoms with Gasteiger partial charge in [-0.15, -0.1) is 0 Å². The van der Waals surface area contributed by atoms with Crippen LogP contribution < -0.4 is 5.32 Å². The summed E-state index contributed by atoms with van der Waals surface area (Å²) in [6, 6.07) is -0.557. The summed E-state index contributed by atoms with van der Waals surface area (Å²) in [5.74, 6) is -0.679. The zero-order chi connectivity index (χ0) is 14.5. The first kappa shape index (κ1) is 17.9. The van der Waals surface area contributed by atoms with E-state index in [2.05, 4.69) is 12.2 Å². The predicted molar refractivity (Wildman–Crippen MR) is 73.8 cm³/mol. The van der Waals surface area contributed by atoms with Crippen LogP contribution in [0.3, 0.4) is 0 Å². The lowest BCUT2D eigenvalue weighted by atomic mass is 10.1. The fourth-order valence-electron chi connectivity index (χ4n) is 1.89. The molecule has 0 radical (unpaired) electrons. The predicted octanol–water partition coefficient (Wildman–Crippen LogP) is 2.04. The lowest BCUT2D eigenvalue weighted by molar-refractivity contribution is -0.145. The van der Waals surface area contributed by atoms with Crippen molar-refractivity contribution in [2.45, 2.75) is 57.9 Å². The molecule has 0 saturated carbocycles. The number of methoxy groups -OCH3 is 2. The Labute approximate surface area is 116 Å². The fraction of sp³-hybridized carbons (Fsp3) is 0.857. The third-order valence-electron chi connectivity index (χ3n) is 2.94. The van der Waals surface area contributed by atoms with Crippen molar-refractivity contribution in [1.82, 2.24) is 5.32 Å². The normalized spacial score (nSPS) is 11.9. The van der Waals surface area contributed by atoms with Gasteiger partial charge in [0.05, 0.1) is 7.11 Å². The van der Waals surface area contributed by atoms with E-state index in [9.17, 15) is 9.59 Å². The third kappa shape index (κ3) is 9.47. The first-order valence-electron chi connectivity index (χ1n) is 7.01. The van der Waals surface area contributed by atoms with Crippen LogP contribution in [0, 0.1) is 0 Å². The van der Waals surface area contributed by atoms with Crippen molar-refractivity contribution in [3.05, 3.63) is 0 Å². The van der Waals surface area contributed by atoms with E-state index in [0.29, 0.717) is 6.42 Å². The molecule has 19 heavy (non-hydrogen) atoms. The molecule has 0 rings (SSSR count). The molecule has 112 valence electrons. The lowest BCUT2D eigenvalue weighted by Crippen LogP contribution is -2.43. The molecule has 1 atom stereocenters. The molecule has 0 spiro atoms. The number of amides is 1. The Bertz CT molecular complexity index is 256. The second-order valence-corrected chi connectivity index (χ2v) is 4.63. The summed E-state index contributed by atoms with van der Waals surface area (Å²) < 4.78 is 9.42. The van der Waals surface area contributed by atoms with Gasteiger partial charge in [0.2, 0.25) is 5.91 Å². The fourth-order valence-corrected chi connectivity index (χ4v) is 1.89. The van der Waals surface area contributed by atoms with Gasteiger partial charge in [-0.25, -0.2) is 4.79 Å². The van der Waals surface area contributed by atoms with Crippen molar-refractivity contribution in [1.29, 1.82) is 0 Å². The highest BCUT2D eigenvalue weighted by Gasteiger charge is 2.20. The number of ether oxygens (including phenoxy) is 2. The molecule has 0 saturated heterocycles. The Hall–Kier alpha value is -1.10. The SMILES string of the molecule is CCCCCCCC[C@@H](NC(=O)COC)C(=O)OC. The quantitative estimate of drug-likeness (QED) is 0.462. The number of carbonyl (C=O) groups is 2. The highest BCUT2D eigenvalue weighted by molar-refractivity contribution is 5.84. The van der Waals surface area contributed by atoms with Crippen LogP contribution in [0.5, 0.6) is 0 Å². The molecular formula is C14H27NO4. The van der Waals surface area contributed by atoms with Gasteiger partial charge in [-0.3, -0.25) is 4.79 Å². The third-order valence-corrected chi connectivity index (χ3v) is 2.94. The second-order valence-electron chi connectivity index (χ2n) is 4.63. The standard InChI is InChI=1S/C14H27NO4/c1-4-5-6-7-8-9-10-12(14(17)19-3)15-13(16)11-18-2/h12H,4-11H2,1-3H3,(H,15,16)/t12-/m1/s1. The van der Waals surface area contributed by atoms with Gasteiger partial charge in [0.15, 0.2) is 0 Å². The van der Waals surface area contributed by atoms with E-state index in [0.717, 1.165) is 12.8 Å². The van der Waals surface area contributed by atoms with E-state index >= 15 is 0 Å². The minimum Gasteiger partial charge on any atom is -0.467 e. The van der Waals surface area contributed by atoms with Gasteiger partial charge in [-0.2, -0.15) is 0 Å². The van der Waals surface area contributed by atoms with E-state index in [4.69, 9.17) is 9.47 Å². The molecule has 1 N–H and O–H groups in total. The molecule has 0 aromatic heterocycles.